The van der Waals surface area contributed by atoms with Crippen molar-refractivity contribution in [3.63, 3.8) is 0 Å². The SMILES string of the molecule is C[C@@H](NC(=O)NCCCN1CCN(c2ncccn2)CC1)c1ccccc1. The third-order valence-electron chi connectivity index (χ3n) is 4.79. The predicted octanol–water partition coefficient (Wildman–Crippen LogP) is 2.05. The van der Waals surface area contributed by atoms with Crippen molar-refractivity contribution < 1.29 is 4.79 Å². The summed E-state index contributed by atoms with van der Waals surface area (Å²) in [6.07, 6.45) is 4.50. The fraction of sp³-hybridized carbons (Fsp3) is 0.450. The van der Waals surface area contributed by atoms with Gasteiger partial charge in [-0.25, -0.2) is 14.8 Å². The van der Waals surface area contributed by atoms with E-state index in [1.165, 1.54) is 0 Å². The molecule has 2 aromatic rings. The first-order chi connectivity index (χ1) is 13.2. The molecule has 1 aliphatic heterocycles. The van der Waals surface area contributed by atoms with E-state index in [-0.39, 0.29) is 12.1 Å². The summed E-state index contributed by atoms with van der Waals surface area (Å²) in [4.78, 5) is 25.3. The van der Waals surface area contributed by atoms with Crippen molar-refractivity contribution in [2.75, 3.05) is 44.2 Å². The van der Waals surface area contributed by atoms with Crippen LogP contribution in [0.5, 0.6) is 0 Å². The first-order valence-corrected chi connectivity index (χ1v) is 9.56. The minimum absolute atomic E-state index is 0.000479. The molecule has 0 spiro atoms. The predicted molar refractivity (Wildman–Crippen MR) is 107 cm³/mol. The number of carbonyl (C=O) groups excluding carboxylic acids is 1. The van der Waals surface area contributed by atoms with Crippen LogP contribution in [0.3, 0.4) is 0 Å². The molecule has 0 saturated carbocycles. The second-order valence-electron chi connectivity index (χ2n) is 6.76. The molecule has 0 aliphatic carbocycles. The van der Waals surface area contributed by atoms with E-state index in [0.717, 1.165) is 50.7 Å². The molecular weight excluding hydrogens is 340 g/mol. The lowest BCUT2D eigenvalue weighted by Gasteiger charge is -2.34. The van der Waals surface area contributed by atoms with Gasteiger partial charge in [0, 0.05) is 45.1 Å². The molecule has 0 unspecified atom stereocenters. The number of benzene rings is 1. The summed E-state index contributed by atoms with van der Waals surface area (Å²) in [5.74, 6) is 0.808. The molecule has 1 aromatic heterocycles. The van der Waals surface area contributed by atoms with Crippen LogP contribution in [0.1, 0.15) is 24.9 Å². The Morgan fingerprint density at radius 3 is 2.48 bits per heavy atom. The molecule has 1 aliphatic rings. The number of hydrogen-bond donors (Lipinski definition) is 2. The van der Waals surface area contributed by atoms with Crippen LogP contribution >= 0.6 is 0 Å². The van der Waals surface area contributed by atoms with E-state index in [1.807, 2.05) is 43.3 Å². The minimum atomic E-state index is -0.114. The first-order valence-electron chi connectivity index (χ1n) is 9.56. The van der Waals surface area contributed by atoms with Gasteiger partial charge in [-0.2, -0.15) is 0 Å². The van der Waals surface area contributed by atoms with Gasteiger partial charge in [-0.3, -0.25) is 4.90 Å². The summed E-state index contributed by atoms with van der Waals surface area (Å²) in [5, 5.41) is 5.92. The lowest BCUT2D eigenvalue weighted by Crippen LogP contribution is -2.47. The summed E-state index contributed by atoms with van der Waals surface area (Å²) in [7, 11) is 0. The highest BCUT2D eigenvalue weighted by Crippen LogP contribution is 2.11. The number of anilines is 1. The van der Waals surface area contributed by atoms with Gasteiger partial charge in [0.05, 0.1) is 6.04 Å². The molecule has 3 rings (SSSR count). The maximum Gasteiger partial charge on any atom is 0.315 e. The van der Waals surface area contributed by atoms with E-state index in [2.05, 4.69) is 30.4 Å². The molecule has 7 nitrogen and oxygen atoms in total. The van der Waals surface area contributed by atoms with Crippen LogP contribution in [0.2, 0.25) is 0 Å². The van der Waals surface area contributed by atoms with Crippen LogP contribution in [-0.4, -0.2) is 60.2 Å². The van der Waals surface area contributed by atoms with Crippen molar-refractivity contribution in [2.24, 2.45) is 0 Å². The van der Waals surface area contributed by atoms with Gasteiger partial charge in [0.2, 0.25) is 5.95 Å². The number of urea groups is 1. The highest BCUT2D eigenvalue weighted by atomic mass is 16.2. The molecule has 2 amide bonds. The zero-order valence-corrected chi connectivity index (χ0v) is 15.8. The zero-order valence-electron chi connectivity index (χ0n) is 15.8. The molecule has 1 aromatic carbocycles. The highest BCUT2D eigenvalue weighted by Gasteiger charge is 2.18. The van der Waals surface area contributed by atoms with Gasteiger partial charge in [0.25, 0.3) is 0 Å². The van der Waals surface area contributed by atoms with E-state index < -0.39 is 0 Å². The van der Waals surface area contributed by atoms with Gasteiger partial charge in [-0.05, 0) is 31.5 Å². The Morgan fingerprint density at radius 1 is 1.07 bits per heavy atom. The average Bonchev–Trinajstić information content (AvgIpc) is 2.73. The molecular formula is C20H28N6O. The first kappa shape index (κ1) is 19.1. The number of amides is 2. The Bertz CT molecular complexity index is 688. The largest absolute Gasteiger partial charge is 0.338 e. The van der Waals surface area contributed by atoms with E-state index in [1.54, 1.807) is 12.4 Å². The number of rotatable bonds is 7. The van der Waals surface area contributed by atoms with Gasteiger partial charge < -0.3 is 15.5 Å². The van der Waals surface area contributed by atoms with Crippen LogP contribution in [-0.2, 0) is 0 Å². The van der Waals surface area contributed by atoms with Crippen molar-refractivity contribution in [1.82, 2.24) is 25.5 Å². The van der Waals surface area contributed by atoms with Gasteiger partial charge in [-0.1, -0.05) is 30.3 Å². The Kier molecular flexibility index (Phi) is 6.98. The molecule has 27 heavy (non-hydrogen) atoms. The van der Waals surface area contributed by atoms with E-state index >= 15 is 0 Å². The number of aromatic nitrogens is 2. The minimum Gasteiger partial charge on any atom is -0.338 e. The van der Waals surface area contributed by atoms with Crippen molar-refractivity contribution in [2.45, 2.75) is 19.4 Å². The Morgan fingerprint density at radius 2 is 1.78 bits per heavy atom. The molecule has 1 saturated heterocycles. The van der Waals surface area contributed by atoms with E-state index in [9.17, 15) is 4.79 Å². The topological polar surface area (TPSA) is 73.4 Å². The number of nitrogens with one attached hydrogen (secondary N) is 2. The molecule has 0 bridgehead atoms. The molecule has 1 fully saturated rings. The van der Waals surface area contributed by atoms with Gasteiger partial charge >= 0.3 is 6.03 Å². The fourth-order valence-electron chi connectivity index (χ4n) is 3.20. The quantitative estimate of drug-likeness (QED) is 0.732. The summed E-state index contributed by atoms with van der Waals surface area (Å²) in [6.45, 7) is 7.52. The molecule has 1 atom stereocenters. The average molecular weight is 368 g/mol. The Hall–Kier alpha value is -2.67. The summed E-state index contributed by atoms with van der Waals surface area (Å²) in [6, 6.07) is 11.7. The number of hydrogen-bond acceptors (Lipinski definition) is 5. The maximum absolute atomic E-state index is 12.0. The van der Waals surface area contributed by atoms with Crippen molar-refractivity contribution in [3.05, 3.63) is 54.4 Å². The monoisotopic (exact) mass is 368 g/mol. The number of carbonyl (C=O) groups is 1. The van der Waals surface area contributed by atoms with Gasteiger partial charge in [0.15, 0.2) is 0 Å². The normalized spacial score (nSPS) is 16.0. The summed E-state index contributed by atoms with van der Waals surface area (Å²) in [5.41, 5.74) is 1.10. The third-order valence-corrected chi connectivity index (χ3v) is 4.79. The summed E-state index contributed by atoms with van der Waals surface area (Å²) >= 11 is 0. The number of piperazine rings is 1. The highest BCUT2D eigenvalue weighted by molar-refractivity contribution is 5.74. The second kappa shape index (κ2) is 9.87. The molecule has 144 valence electrons. The smallest absolute Gasteiger partial charge is 0.315 e. The van der Waals surface area contributed by atoms with Crippen molar-refractivity contribution in [3.8, 4) is 0 Å². The van der Waals surface area contributed by atoms with E-state index in [4.69, 9.17) is 0 Å². The maximum atomic E-state index is 12.0. The molecule has 2 heterocycles. The molecule has 0 radical (unpaired) electrons. The zero-order chi connectivity index (χ0) is 18.9. The Labute approximate surface area is 160 Å². The lowest BCUT2D eigenvalue weighted by molar-refractivity contribution is 0.233. The van der Waals surface area contributed by atoms with Crippen LogP contribution in [0, 0.1) is 0 Å². The van der Waals surface area contributed by atoms with Crippen LogP contribution in [0.15, 0.2) is 48.8 Å². The van der Waals surface area contributed by atoms with E-state index in [0.29, 0.717) is 6.54 Å². The standard InChI is InChI=1S/C20H28N6O/c1-17(18-7-3-2-4-8-18)24-20(27)23-11-6-12-25-13-15-26(16-14-25)19-21-9-5-10-22-19/h2-5,7-10,17H,6,11-16H2,1H3,(H2,23,24,27)/t17-/m1/s1. The third kappa shape index (κ3) is 5.92. The molecule has 2 N–H and O–H groups in total. The lowest BCUT2D eigenvalue weighted by atomic mass is 10.1. The molecule has 7 heteroatoms. The summed E-state index contributed by atoms with van der Waals surface area (Å²) < 4.78 is 0. The van der Waals surface area contributed by atoms with Crippen molar-refractivity contribution >= 4 is 12.0 Å². The van der Waals surface area contributed by atoms with Gasteiger partial charge in [0.1, 0.15) is 0 Å². The second-order valence-corrected chi connectivity index (χ2v) is 6.76. The van der Waals surface area contributed by atoms with Crippen LogP contribution in [0.25, 0.3) is 0 Å². The van der Waals surface area contributed by atoms with Crippen LogP contribution < -0.4 is 15.5 Å². The Balaban J connectivity index is 1.29. The van der Waals surface area contributed by atoms with Crippen molar-refractivity contribution in [1.29, 1.82) is 0 Å². The van der Waals surface area contributed by atoms with Crippen LogP contribution in [0.4, 0.5) is 10.7 Å². The van der Waals surface area contributed by atoms with Gasteiger partial charge in [-0.15, -0.1) is 0 Å². The number of nitrogens with zero attached hydrogens (tertiary/aromatic N) is 4. The fourth-order valence-corrected chi connectivity index (χ4v) is 3.20.